The number of carbonyl (C=O) groups is 4. The zero-order valence-corrected chi connectivity index (χ0v) is 19.1. The Morgan fingerprint density at radius 1 is 1.20 bits per heavy atom. The van der Waals surface area contributed by atoms with Crippen molar-refractivity contribution in [3.8, 4) is 0 Å². The van der Waals surface area contributed by atoms with Crippen LogP contribution in [0, 0.1) is 28.6 Å². The fraction of sp³-hybridized carbons (Fsp3) is 0.810. The maximum absolute atomic E-state index is 13.3. The van der Waals surface area contributed by atoms with Crippen LogP contribution in [0.15, 0.2) is 0 Å². The van der Waals surface area contributed by atoms with Crippen molar-refractivity contribution in [2.24, 2.45) is 34.3 Å². The van der Waals surface area contributed by atoms with Gasteiger partial charge in [-0.1, -0.05) is 47.5 Å². The predicted molar refractivity (Wildman–Crippen MR) is 112 cm³/mol. The predicted octanol–water partition coefficient (Wildman–Crippen LogP) is 0.967. The van der Waals surface area contributed by atoms with E-state index in [1.807, 2.05) is 20.8 Å². The van der Waals surface area contributed by atoms with E-state index in [1.165, 1.54) is 0 Å². The quantitative estimate of drug-likeness (QED) is 0.383. The molecule has 1 saturated heterocycles. The van der Waals surface area contributed by atoms with Crippen LogP contribution in [0.25, 0.3) is 0 Å². The minimum absolute atomic E-state index is 0.00245. The molecule has 9 heteroatoms. The van der Waals surface area contributed by atoms with Crippen molar-refractivity contribution in [1.29, 1.82) is 0 Å². The van der Waals surface area contributed by atoms with E-state index in [2.05, 4.69) is 24.0 Å². The molecule has 2 aliphatic carbocycles. The molecule has 0 aromatic heterocycles. The maximum atomic E-state index is 13.3. The van der Waals surface area contributed by atoms with Crippen molar-refractivity contribution in [3.05, 3.63) is 0 Å². The van der Waals surface area contributed by atoms with Crippen LogP contribution in [0.1, 0.15) is 53.9 Å². The van der Waals surface area contributed by atoms with Gasteiger partial charge in [0.1, 0.15) is 12.1 Å². The Labute approximate surface area is 182 Å². The van der Waals surface area contributed by atoms with Gasteiger partial charge >= 0.3 is 0 Å². The van der Waals surface area contributed by atoms with E-state index in [4.69, 9.17) is 17.5 Å². The Morgan fingerprint density at radius 2 is 1.80 bits per heavy atom. The standard InChI is InChI=1S/C21H33ClN4O4/c1-20(2,3)16(25-22)19(30)26-9-11-13(21(11,4)5)14(26)18(29)24-12(8-10-6-7-10)15(27)17(23)28/h10-14,16,25H,6-9H2,1-5H3,(H2,23,28)(H,24,29)/t11-,12?,13?,14?,16?/m0/s1. The lowest BCUT2D eigenvalue weighted by Gasteiger charge is -2.36. The Hall–Kier alpha value is -1.67. The summed E-state index contributed by atoms with van der Waals surface area (Å²) >= 11 is 5.89. The second-order valence-corrected chi connectivity index (χ2v) is 11.0. The molecule has 0 spiro atoms. The number of rotatable bonds is 8. The number of hydrogen-bond donors (Lipinski definition) is 3. The fourth-order valence-corrected chi connectivity index (χ4v) is 5.33. The molecule has 5 atom stereocenters. The average Bonchev–Trinajstić information content (AvgIpc) is 3.46. The molecule has 0 bridgehead atoms. The number of nitrogens with two attached hydrogens (primary N) is 1. The summed E-state index contributed by atoms with van der Waals surface area (Å²) in [4.78, 5) is 54.5. The van der Waals surface area contributed by atoms with Gasteiger partial charge in [-0.25, -0.2) is 4.84 Å². The highest BCUT2D eigenvalue weighted by atomic mass is 35.5. The third-order valence-electron chi connectivity index (χ3n) is 7.12. The number of carbonyl (C=O) groups excluding carboxylic acids is 4. The number of amides is 3. The second kappa shape index (κ2) is 7.79. The summed E-state index contributed by atoms with van der Waals surface area (Å²) in [5.41, 5.74) is 4.68. The van der Waals surface area contributed by atoms with Crippen LogP contribution in [-0.4, -0.2) is 53.1 Å². The molecule has 4 unspecified atom stereocenters. The van der Waals surface area contributed by atoms with Crippen molar-refractivity contribution in [2.75, 3.05) is 6.54 Å². The molecule has 3 fully saturated rings. The lowest BCUT2D eigenvalue weighted by Crippen LogP contribution is -2.59. The van der Waals surface area contributed by atoms with Crippen LogP contribution in [0.2, 0.25) is 0 Å². The van der Waals surface area contributed by atoms with E-state index in [-0.39, 0.29) is 23.2 Å². The number of piperidine rings is 1. The highest BCUT2D eigenvalue weighted by molar-refractivity contribution is 6.37. The van der Waals surface area contributed by atoms with Gasteiger partial charge in [-0.05, 0) is 46.8 Å². The first-order chi connectivity index (χ1) is 13.8. The first-order valence-corrected chi connectivity index (χ1v) is 11.0. The summed E-state index contributed by atoms with van der Waals surface area (Å²) in [6.07, 6.45) is 2.34. The Bertz CT molecular complexity index is 759. The summed E-state index contributed by atoms with van der Waals surface area (Å²) in [7, 11) is 0. The number of primary amides is 1. The maximum Gasteiger partial charge on any atom is 0.287 e. The van der Waals surface area contributed by atoms with Gasteiger partial charge in [0.15, 0.2) is 0 Å². The van der Waals surface area contributed by atoms with Crippen LogP contribution in [0.4, 0.5) is 0 Å². The summed E-state index contributed by atoms with van der Waals surface area (Å²) in [5.74, 6) is -1.94. The molecule has 0 aromatic carbocycles. The number of nitrogens with one attached hydrogen (secondary N) is 2. The molecule has 0 radical (unpaired) electrons. The highest BCUT2D eigenvalue weighted by Gasteiger charge is 2.69. The first kappa shape index (κ1) is 23.0. The fourth-order valence-electron chi connectivity index (χ4n) is 4.91. The summed E-state index contributed by atoms with van der Waals surface area (Å²) < 4.78 is 0. The van der Waals surface area contributed by atoms with Crippen LogP contribution in [0.3, 0.4) is 0 Å². The van der Waals surface area contributed by atoms with E-state index in [0.29, 0.717) is 18.9 Å². The van der Waals surface area contributed by atoms with Crippen LogP contribution < -0.4 is 15.9 Å². The number of halogens is 1. The molecular weight excluding hydrogens is 408 g/mol. The van der Waals surface area contributed by atoms with Gasteiger partial charge in [0.2, 0.25) is 17.6 Å². The molecule has 0 aromatic rings. The molecule has 2 saturated carbocycles. The zero-order valence-electron chi connectivity index (χ0n) is 18.3. The van der Waals surface area contributed by atoms with Crippen molar-refractivity contribution in [2.45, 2.75) is 72.0 Å². The first-order valence-electron chi connectivity index (χ1n) is 10.6. The van der Waals surface area contributed by atoms with Crippen molar-refractivity contribution < 1.29 is 19.2 Å². The molecule has 1 heterocycles. The number of hydrogen-bond acceptors (Lipinski definition) is 5. The number of ketones is 1. The van der Waals surface area contributed by atoms with Gasteiger partial charge < -0.3 is 16.0 Å². The molecule has 3 rings (SSSR count). The van der Waals surface area contributed by atoms with Gasteiger partial charge in [-0.15, -0.1) is 0 Å². The number of nitrogens with zero attached hydrogens (tertiary/aromatic N) is 1. The van der Waals surface area contributed by atoms with Crippen molar-refractivity contribution in [3.63, 3.8) is 0 Å². The minimum Gasteiger partial charge on any atom is -0.363 e. The van der Waals surface area contributed by atoms with Crippen LogP contribution >= 0.6 is 11.8 Å². The van der Waals surface area contributed by atoms with E-state index in [1.54, 1.807) is 4.90 Å². The van der Waals surface area contributed by atoms with Gasteiger partial charge in [0, 0.05) is 6.54 Å². The van der Waals surface area contributed by atoms with Crippen molar-refractivity contribution >= 4 is 35.3 Å². The molecule has 3 aliphatic rings. The topological polar surface area (TPSA) is 122 Å². The SMILES string of the molecule is CC(C)(C)C(NCl)C(=O)N1C[C@H]2C(C1C(=O)NC(CC1CC1)C(=O)C(N)=O)C2(C)C. The minimum atomic E-state index is -1.05. The monoisotopic (exact) mass is 440 g/mol. The molecule has 30 heavy (non-hydrogen) atoms. The third-order valence-corrected chi connectivity index (χ3v) is 7.34. The molecule has 8 nitrogen and oxygen atoms in total. The normalized spacial score (nSPS) is 29.0. The van der Waals surface area contributed by atoms with E-state index in [9.17, 15) is 19.2 Å². The molecule has 4 N–H and O–H groups in total. The van der Waals surface area contributed by atoms with Gasteiger partial charge in [0.25, 0.3) is 5.91 Å². The number of Topliss-reactive ketones (excluding diaryl/α,β-unsaturated/α-hetero) is 1. The molecule has 168 valence electrons. The molecular formula is C21H33ClN4O4. The van der Waals surface area contributed by atoms with E-state index in [0.717, 1.165) is 12.8 Å². The second-order valence-electron chi connectivity index (χ2n) is 10.8. The lowest BCUT2D eigenvalue weighted by atomic mass is 9.86. The van der Waals surface area contributed by atoms with Crippen LogP contribution in [0.5, 0.6) is 0 Å². The number of fused-ring (bicyclic) bond motifs is 1. The summed E-state index contributed by atoms with van der Waals surface area (Å²) in [5, 5.41) is 2.75. The zero-order chi connectivity index (χ0) is 22.6. The highest BCUT2D eigenvalue weighted by Crippen LogP contribution is 2.65. The van der Waals surface area contributed by atoms with Crippen molar-refractivity contribution in [1.82, 2.24) is 15.1 Å². The largest absolute Gasteiger partial charge is 0.363 e. The molecule has 1 aliphatic heterocycles. The number of likely N-dealkylation sites (tertiary alicyclic amines) is 1. The Balaban J connectivity index is 1.81. The Kier molecular flexibility index (Phi) is 5.97. The summed E-state index contributed by atoms with van der Waals surface area (Å²) in [6, 6.07) is -2.30. The van der Waals surface area contributed by atoms with E-state index >= 15 is 0 Å². The smallest absolute Gasteiger partial charge is 0.287 e. The van der Waals surface area contributed by atoms with Gasteiger partial charge in [0.05, 0.1) is 6.04 Å². The Morgan fingerprint density at radius 3 is 2.27 bits per heavy atom. The average molecular weight is 441 g/mol. The third kappa shape index (κ3) is 4.21. The van der Waals surface area contributed by atoms with Crippen LogP contribution in [-0.2, 0) is 19.2 Å². The van der Waals surface area contributed by atoms with Gasteiger partial charge in [-0.3, -0.25) is 19.2 Å². The van der Waals surface area contributed by atoms with Gasteiger partial charge in [-0.2, -0.15) is 0 Å². The summed E-state index contributed by atoms with van der Waals surface area (Å²) in [6.45, 7) is 10.3. The lowest BCUT2D eigenvalue weighted by molar-refractivity contribution is -0.145. The van der Waals surface area contributed by atoms with E-state index < -0.39 is 41.1 Å². The molecule has 3 amide bonds.